The third-order valence-electron chi connectivity index (χ3n) is 2.48. The van der Waals surface area contributed by atoms with E-state index < -0.39 is 0 Å². The molecule has 0 spiro atoms. The zero-order valence-electron chi connectivity index (χ0n) is 6.59. The summed E-state index contributed by atoms with van der Waals surface area (Å²) in [5, 5.41) is 0.815. The predicted molar refractivity (Wildman–Crippen MR) is 44.4 cm³/mol. The fourth-order valence-corrected chi connectivity index (χ4v) is 3.57. The Morgan fingerprint density at radius 1 is 1.50 bits per heavy atom. The van der Waals surface area contributed by atoms with E-state index in [1.54, 1.807) is 0 Å². The zero-order chi connectivity index (χ0) is 7.19. The molecule has 0 aromatic heterocycles. The second-order valence-corrected chi connectivity index (χ2v) is 5.15. The number of rotatable bonds is 0. The highest BCUT2D eigenvalue weighted by Crippen LogP contribution is 2.46. The second kappa shape index (κ2) is 2.15. The molecule has 58 valence electrons. The van der Waals surface area contributed by atoms with E-state index >= 15 is 0 Å². The molecule has 2 atom stereocenters. The van der Waals surface area contributed by atoms with Gasteiger partial charge in [0.2, 0.25) is 0 Å². The number of fused-ring (bicyclic) bond motifs is 1. The van der Waals surface area contributed by atoms with E-state index in [4.69, 9.17) is 4.74 Å². The van der Waals surface area contributed by atoms with Gasteiger partial charge in [-0.05, 0) is 6.42 Å². The smallest absolute Gasteiger partial charge is 0.0753 e. The molecule has 0 bridgehead atoms. The summed E-state index contributed by atoms with van der Waals surface area (Å²) >= 11 is 2.09. The van der Waals surface area contributed by atoms with E-state index in [1.165, 1.54) is 12.2 Å². The van der Waals surface area contributed by atoms with Gasteiger partial charge in [0.05, 0.1) is 6.10 Å². The molecule has 2 aliphatic rings. The van der Waals surface area contributed by atoms with E-state index in [9.17, 15) is 0 Å². The van der Waals surface area contributed by atoms with Crippen molar-refractivity contribution < 1.29 is 4.74 Å². The number of hydrogen-bond donors (Lipinski definition) is 0. The van der Waals surface area contributed by atoms with Crippen LogP contribution in [0.1, 0.15) is 20.3 Å². The molecule has 2 saturated heterocycles. The summed E-state index contributed by atoms with van der Waals surface area (Å²) in [4.78, 5) is 0. The maximum atomic E-state index is 5.67. The number of ether oxygens (including phenoxy) is 1. The van der Waals surface area contributed by atoms with Crippen molar-refractivity contribution in [2.75, 3.05) is 12.4 Å². The highest BCUT2D eigenvalue weighted by Gasteiger charge is 2.46. The molecule has 10 heavy (non-hydrogen) atoms. The first-order valence-electron chi connectivity index (χ1n) is 3.93. The molecule has 0 aromatic carbocycles. The zero-order valence-corrected chi connectivity index (χ0v) is 7.41. The second-order valence-electron chi connectivity index (χ2n) is 3.92. The molecule has 2 heterocycles. The van der Waals surface area contributed by atoms with Crippen LogP contribution in [0.5, 0.6) is 0 Å². The Hall–Kier alpha value is 0.310. The molecule has 0 aromatic rings. The molecule has 0 amide bonds. The minimum atomic E-state index is 0.436. The van der Waals surface area contributed by atoms with Crippen LogP contribution in [0.4, 0.5) is 0 Å². The summed E-state index contributed by atoms with van der Waals surface area (Å²) in [5.74, 6) is 1.28. The van der Waals surface area contributed by atoms with Gasteiger partial charge in [-0.2, -0.15) is 11.8 Å². The highest BCUT2D eigenvalue weighted by molar-refractivity contribution is 8.00. The maximum absolute atomic E-state index is 5.67. The van der Waals surface area contributed by atoms with Crippen molar-refractivity contribution in [1.29, 1.82) is 0 Å². The molecule has 0 radical (unpaired) electrons. The van der Waals surface area contributed by atoms with Gasteiger partial charge in [0.25, 0.3) is 0 Å². The van der Waals surface area contributed by atoms with Gasteiger partial charge in [0, 0.05) is 23.0 Å². The Morgan fingerprint density at radius 2 is 2.30 bits per heavy atom. The van der Waals surface area contributed by atoms with Crippen LogP contribution in [0.25, 0.3) is 0 Å². The van der Waals surface area contributed by atoms with Crippen LogP contribution >= 0.6 is 11.8 Å². The Kier molecular flexibility index (Phi) is 1.50. The van der Waals surface area contributed by atoms with Gasteiger partial charge >= 0.3 is 0 Å². The largest absolute Gasteiger partial charge is 0.376 e. The molecular formula is C8H14OS. The van der Waals surface area contributed by atoms with Crippen LogP contribution in [-0.2, 0) is 4.74 Å². The van der Waals surface area contributed by atoms with Crippen LogP contribution in [0.15, 0.2) is 0 Å². The summed E-state index contributed by atoms with van der Waals surface area (Å²) in [6, 6.07) is 0. The molecule has 2 fully saturated rings. The fourth-order valence-electron chi connectivity index (χ4n) is 1.87. The lowest BCUT2D eigenvalue weighted by atomic mass is 9.88. The summed E-state index contributed by atoms with van der Waals surface area (Å²) in [6.45, 7) is 5.62. The van der Waals surface area contributed by atoms with Crippen LogP contribution < -0.4 is 0 Å². The van der Waals surface area contributed by atoms with Gasteiger partial charge in [-0.1, -0.05) is 13.8 Å². The van der Waals surface area contributed by atoms with E-state index in [1.807, 2.05) is 0 Å². The van der Waals surface area contributed by atoms with Gasteiger partial charge < -0.3 is 4.74 Å². The van der Waals surface area contributed by atoms with Crippen molar-refractivity contribution in [2.24, 2.45) is 5.41 Å². The van der Waals surface area contributed by atoms with Crippen LogP contribution in [0.3, 0.4) is 0 Å². The van der Waals surface area contributed by atoms with Crippen molar-refractivity contribution in [1.82, 2.24) is 0 Å². The fraction of sp³-hybridized carbons (Fsp3) is 1.00. The van der Waals surface area contributed by atoms with E-state index in [0.29, 0.717) is 11.5 Å². The monoisotopic (exact) mass is 158 g/mol. The molecule has 1 nitrogen and oxygen atoms in total. The normalized spacial score (nSPS) is 43.8. The maximum Gasteiger partial charge on any atom is 0.0753 e. The lowest BCUT2D eigenvalue weighted by Gasteiger charge is -2.23. The molecule has 2 heteroatoms. The van der Waals surface area contributed by atoms with Crippen LogP contribution in [0.2, 0.25) is 0 Å². The molecular weight excluding hydrogens is 144 g/mol. The topological polar surface area (TPSA) is 9.23 Å². The minimum absolute atomic E-state index is 0.436. The summed E-state index contributed by atoms with van der Waals surface area (Å²) in [6.07, 6.45) is 1.83. The lowest BCUT2D eigenvalue weighted by Crippen LogP contribution is -2.29. The van der Waals surface area contributed by atoms with E-state index in [2.05, 4.69) is 25.6 Å². The Labute approximate surface area is 66.5 Å². The average Bonchev–Trinajstić information content (AvgIpc) is 2.36. The molecule has 0 saturated carbocycles. The van der Waals surface area contributed by atoms with Gasteiger partial charge in [0.1, 0.15) is 0 Å². The third-order valence-corrected chi connectivity index (χ3v) is 4.30. The molecule has 2 rings (SSSR count). The standard InChI is InChI=1S/C8H14OS/c1-8(2)5-10-6-3-4-9-7(6)8/h6-7H,3-5H2,1-2H3. The first-order chi connectivity index (χ1) is 4.70. The summed E-state index contributed by atoms with van der Waals surface area (Å²) in [5.41, 5.74) is 0.436. The third kappa shape index (κ3) is 0.892. The quantitative estimate of drug-likeness (QED) is 0.532. The van der Waals surface area contributed by atoms with Gasteiger partial charge in [-0.25, -0.2) is 0 Å². The van der Waals surface area contributed by atoms with Crippen molar-refractivity contribution >= 4 is 11.8 Å². The highest BCUT2D eigenvalue weighted by atomic mass is 32.2. The predicted octanol–water partition coefficient (Wildman–Crippen LogP) is 1.92. The van der Waals surface area contributed by atoms with Gasteiger partial charge in [0.15, 0.2) is 0 Å². The van der Waals surface area contributed by atoms with Crippen molar-refractivity contribution in [2.45, 2.75) is 31.6 Å². The SMILES string of the molecule is CC1(C)CSC2CCOC21. The van der Waals surface area contributed by atoms with Gasteiger partial charge in [-0.3, -0.25) is 0 Å². The minimum Gasteiger partial charge on any atom is -0.376 e. The van der Waals surface area contributed by atoms with Crippen molar-refractivity contribution in [3.8, 4) is 0 Å². The van der Waals surface area contributed by atoms with E-state index in [0.717, 1.165) is 11.9 Å². The molecule has 2 aliphatic heterocycles. The van der Waals surface area contributed by atoms with Crippen molar-refractivity contribution in [3.63, 3.8) is 0 Å². The average molecular weight is 158 g/mol. The Balaban J connectivity index is 2.16. The molecule has 2 unspecified atom stereocenters. The van der Waals surface area contributed by atoms with Crippen LogP contribution in [0, 0.1) is 5.41 Å². The lowest BCUT2D eigenvalue weighted by molar-refractivity contribution is 0.0401. The Morgan fingerprint density at radius 3 is 3.00 bits per heavy atom. The van der Waals surface area contributed by atoms with Crippen LogP contribution in [-0.4, -0.2) is 23.7 Å². The first kappa shape index (κ1) is 6.99. The van der Waals surface area contributed by atoms with Gasteiger partial charge in [-0.15, -0.1) is 0 Å². The first-order valence-corrected chi connectivity index (χ1v) is 4.98. The summed E-state index contributed by atoms with van der Waals surface area (Å²) < 4.78 is 5.67. The van der Waals surface area contributed by atoms with E-state index in [-0.39, 0.29) is 0 Å². The van der Waals surface area contributed by atoms with Crippen molar-refractivity contribution in [3.05, 3.63) is 0 Å². The summed E-state index contributed by atoms with van der Waals surface area (Å²) in [7, 11) is 0. The Bertz CT molecular complexity index is 144. The molecule has 0 aliphatic carbocycles. The molecule has 0 N–H and O–H groups in total. The number of thioether (sulfide) groups is 1. The number of hydrogen-bond acceptors (Lipinski definition) is 2.